The van der Waals surface area contributed by atoms with Crippen LogP contribution in [0.4, 0.5) is 0 Å². The number of ether oxygens (including phenoxy) is 1. The quantitative estimate of drug-likeness (QED) is 0.289. The van der Waals surface area contributed by atoms with Crippen LogP contribution in [0.15, 0.2) is 73.3 Å². The van der Waals surface area contributed by atoms with E-state index in [2.05, 4.69) is 56.0 Å². The van der Waals surface area contributed by atoms with Crippen molar-refractivity contribution in [3.8, 4) is 28.0 Å². The Kier molecular flexibility index (Phi) is 3.73. The van der Waals surface area contributed by atoms with Gasteiger partial charge in [0.05, 0.1) is 0 Å². The van der Waals surface area contributed by atoms with Crippen LogP contribution in [0.3, 0.4) is 0 Å². The van der Waals surface area contributed by atoms with Crippen LogP contribution in [-0.2, 0) is 11.2 Å². The first-order chi connectivity index (χ1) is 12.2. The maximum absolute atomic E-state index is 11.8. The molecule has 25 heavy (non-hydrogen) atoms. The van der Waals surface area contributed by atoms with E-state index in [1.54, 1.807) is 0 Å². The lowest BCUT2D eigenvalue weighted by atomic mass is 9.94. The Labute approximate surface area is 147 Å². The third-order valence-corrected chi connectivity index (χ3v) is 4.63. The molecule has 0 N–H and O–H groups in total. The fourth-order valence-corrected chi connectivity index (χ4v) is 3.54. The SMILES string of the molecule is C=CC(=O)Oc1ccc2c(c1-c1cccc(C)c1)Cc1ccccc1-2. The van der Waals surface area contributed by atoms with E-state index in [-0.39, 0.29) is 0 Å². The van der Waals surface area contributed by atoms with Crippen molar-refractivity contribution in [3.05, 3.63) is 90.0 Å². The second-order valence-corrected chi connectivity index (χ2v) is 6.29. The van der Waals surface area contributed by atoms with Gasteiger partial charge in [-0.3, -0.25) is 0 Å². The van der Waals surface area contributed by atoms with Crippen LogP contribution in [0, 0.1) is 6.92 Å². The molecule has 0 bridgehead atoms. The van der Waals surface area contributed by atoms with Gasteiger partial charge in [0, 0.05) is 11.6 Å². The Hall–Kier alpha value is -3.13. The Morgan fingerprint density at radius 3 is 2.68 bits per heavy atom. The Morgan fingerprint density at radius 1 is 1.04 bits per heavy atom. The van der Waals surface area contributed by atoms with Crippen molar-refractivity contribution in [1.82, 2.24) is 0 Å². The predicted molar refractivity (Wildman–Crippen MR) is 101 cm³/mol. The van der Waals surface area contributed by atoms with Crippen molar-refractivity contribution in [2.75, 3.05) is 0 Å². The van der Waals surface area contributed by atoms with Crippen LogP contribution < -0.4 is 4.74 Å². The van der Waals surface area contributed by atoms with E-state index in [4.69, 9.17) is 4.74 Å². The van der Waals surface area contributed by atoms with Gasteiger partial charge in [0.15, 0.2) is 0 Å². The van der Waals surface area contributed by atoms with E-state index < -0.39 is 5.97 Å². The molecule has 0 unspecified atom stereocenters. The maximum atomic E-state index is 11.8. The molecule has 0 aromatic heterocycles. The summed E-state index contributed by atoms with van der Waals surface area (Å²) in [4.78, 5) is 11.8. The number of hydrogen-bond donors (Lipinski definition) is 0. The minimum Gasteiger partial charge on any atom is -0.423 e. The summed E-state index contributed by atoms with van der Waals surface area (Å²) in [7, 11) is 0. The molecule has 122 valence electrons. The topological polar surface area (TPSA) is 26.3 Å². The molecule has 0 aliphatic heterocycles. The summed E-state index contributed by atoms with van der Waals surface area (Å²) >= 11 is 0. The smallest absolute Gasteiger partial charge is 0.335 e. The lowest BCUT2D eigenvalue weighted by Crippen LogP contribution is -2.05. The summed E-state index contributed by atoms with van der Waals surface area (Å²) in [6.07, 6.45) is 2.04. The second kappa shape index (κ2) is 6.06. The van der Waals surface area contributed by atoms with Crippen LogP contribution in [0.1, 0.15) is 16.7 Å². The van der Waals surface area contributed by atoms with Crippen LogP contribution in [0.5, 0.6) is 5.75 Å². The molecule has 2 heteroatoms. The number of carbonyl (C=O) groups excluding carboxylic acids is 1. The molecule has 2 nitrogen and oxygen atoms in total. The molecular weight excluding hydrogens is 308 g/mol. The van der Waals surface area contributed by atoms with Crippen molar-refractivity contribution in [1.29, 1.82) is 0 Å². The highest BCUT2D eigenvalue weighted by molar-refractivity contribution is 5.91. The van der Waals surface area contributed by atoms with Gasteiger partial charge in [-0.1, -0.05) is 66.7 Å². The van der Waals surface area contributed by atoms with Gasteiger partial charge in [-0.05, 0) is 47.2 Å². The van der Waals surface area contributed by atoms with Gasteiger partial charge in [0.2, 0.25) is 0 Å². The van der Waals surface area contributed by atoms with Gasteiger partial charge in [0.25, 0.3) is 0 Å². The largest absolute Gasteiger partial charge is 0.423 e. The average molecular weight is 326 g/mol. The summed E-state index contributed by atoms with van der Waals surface area (Å²) < 4.78 is 5.56. The first kappa shape index (κ1) is 15.4. The number of benzene rings is 3. The van der Waals surface area contributed by atoms with E-state index in [0.717, 1.165) is 17.5 Å². The van der Waals surface area contributed by atoms with Crippen molar-refractivity contribution in [2.24, 2.45) is 0 Å². The summed E-state index contributed by atoms with van der Waals surface area (Å²) in [6.45, 7) is 5.57. The zero-order valence-corrected chi connectivity index (χ0v) is 14.1. The Bertz CT molecular complexity index is 999. The van der Waals surface area contributed by atoms with Crippen LogP contribution in [-0.4, -0.2) is 5.97 Å². The second-order valence-electron chi connectivity index (χ2n) is 6.29. The zero-order valence-electron chi connectivity index (χ0n) is 14.1. The lowest BCUT2D eigenvalue weighted by Gasteiger charge is -2.15. The van der Waals surface area contributed by atoms with Crippen molar-refractivity contribution >= 4 is 5.97 Å². The summed E-state index contributed by atoms with van der Waals surface area (Å²) in [5.74, 6) is 0.145. The number of esters is 1. The molecule has 0 heterocycles. The monoisotopic (exact) mass is 326 g/mol. The fourth-order valence-electron chi connectivity index (χ4n) is 3.54. The molecular formula is C23H18O2. The number of carbonyl (C=O) groups is 1. The number of aryl methyl sites for hydroxylation is 1. The molecule has 1 aliphatic carbocycles. The van der Waals surface area contributed by atoms with Crippen LogP contribution in [0.2, 0.25) is 0 Å². The van der Waals surface area contributed by atoms with E-state index in [1.807, 2.05) is 18.2 Å². The Balaban J connectivity index is 1.95. The average Bonchev–Trinajstić information content (AvgIpc) is 2.99. The molecule has 0 radical (unpaired) electrons. The molecule has 4 rings (SSSR count). The molecule has 0 spiro atoms. The normalized spacial score (nSPS) is 11.6. The van der Waals surface area contributed by atoms with Crippen molar-refractivity contribution in [3.63, 3.8) is 0 Å². The van der Waals surface area contributed by atoms with E-state index >= 15 is 0 Å². The van der Waals surface area contributed by atoms with E-state index in [9.17, 15) is 4.79 Å². The minimum absolute atomic E-state index is 0.440. The van der Waals surface area contributed by atoms with Gasteiger partial charge in [-0.15, -0.1) is 0 Å². The molecule has 0 atom stereocenters. The van der Waals surface area contributed by atoms with Crippen molar-refractivity contribution in [2.45, 2.75) is 13.3 Å². The number of fused-ring (bicyclic) bond motifs is 3. The highest BCUT2D eigenvalue weighted by atomic mass is 16.5. The highest BCUT2D eigenvalue weighted by Crippen LogP contribution is 2.45. The van der Waals surface area contributed by atoms with Gasteiger partial charge in [0.1, 0.15) is 5.75 Å². The third-order valence-electron chi connectivity index (χ3n) is 4.63. The minimum atomic E-state index is -0.440. The summed E-state index contributed by atoms with van der Waals surface area (Å²) in [5, 5.41) is 0. The van der Waals surface area contributed by atoms with E-state index in [0.29, 0.717) is 5.75 Å². The Morgan fingerprint density at radius 2 is 1.88 bits per heavy atom. The summed E-state index contributed by atoms with van der Waals surface area (Å²) in [5.41, 5.74) is 8.22. The first-order valence-electron chi connectivity index (χ1n) is 8.33. The van der Waals surface area contributed by atoms with Gasteiger partial charge >= 0.3 is 5.97 Å². The van der Waals surface area contributed by atoms with Gasteiger partial charge in [-0.2, -0.15) is 0 Å². The number of rotatable bonds is 3. The van der Waals surface area contributed by atoms with E-state index in [1.165, 1.54) is 33.9 Å². The van der Waals surface area contributed by atoms with Crippen LogP contribution in [0.25, 0.3) is 22.3 Å². The molecule has 0 amide bonds. The number of hydrogen-bond acceptors (Lipinski definition) is 2. The first-order valence-corrected chi connectivity index (χ1v) is 8.33. The molecule has 0 saturated heterocycles. The highest BCUT2D eigenvalue weighted by Gasteiger charge is 2.24. The summed E-state index contributed by atoms with van der Waals surface area (Å²) in [6, 6.07) is 20.7. The molecule has 0 fully saturated rings. The zero-order chi connectivity index (χ0) is 17.4. The fraction of sp³-hybridized carbons (Fsp3) is 0.0870. The van der Waals surface area contributed by atoms with Gasteiger partial charge < -0.3 is 4.74 Å². The van der Waals surface area contributed by atoms with Crippen LogP contribution >= 0.6 is 0 Å². The maximum Gasteiger partial charge on any atom is 0.335 e. The lowest BCUT2D eigenvalue weighted by molar-refractivity contribution is -0.128. The molecule has 3 aromatic carbocycles. The predicted octanol–water partition coefficient (Wildman–Crippen LogP) is 5.32. The third kappa shape index (κ3) is 2.66. The molecule has 1 aliphatic rings. The standard InChI is InChI=1S/C23H18O2/c1-3-22(24)25-21-12-11-19-18-10-5-4-8-16(18)14-20(19)23(21)17-9-6-7-15(2)13-17/h3-13H,1,14H2,2H3. The van der Waals surface area contributed by atoms with Gasteiger partial charge in [-0.25, -0.2) is 4.79 Å². The molecule has 3 aromatic rings. The van der Waals surface area contributed by atoms with Crippen molar-refractivity contribution < 1.29 is 9.53 Å². The molecule has 0 saturated carbocycles.